The molecule has 1 amide bonds. The summed E-state index contributed by atoms with van der Waals surface area (Å²) in [7, 11) is 0. The number of amides is 1. The van der Waals surface area contributed by atoms with Crippen molar-refractivity contribution < 1.29 is 14.3 Å². The van der Waals surface area contributed by atoms with Crippen LogP contribution in [0.2, 0.25) is 5.02 Å². The van der Waals surface area contributed by atoms with Crippen LogP contribution in [0, 0.1) is 11.8 Å². The van der Waals surface area contributed by atoms with Crippen LogP contribution in [0.4, 0.5) is 0 Å². The second-order valence-corrected chi connectivity index (χ2v) is 5.99. The molecule has 1 N–H and O–H groups in total. The molecular weight excluding hydrogens is 315 g/mol. The van der Waals surface area contributed by atoms with Crippen LogP contribution >= 0.6 is 24.0 Å². The van der Waals surface area contributed by atoms with E-state index in [2.05, 4.69) is 5.32 Å². The highest BCUT2D eigenvalue weighted by Crippen LogP contribution is 2.40. The van der Waals surface area contributed by atoms with Crippen LogP contribution in [-0.4, -0.2) is 43.8 Å². The molecule has 2 saturated heterocycles. The molecule has 3 heterocycles. The van der Waals surface area contributed by atoms with Gasteiger partial charge in [-0.25, -0.2) is 0 Å². The van der Waals surface area contributed by atoms with Gasteiger partial charge in [0, 0.05) is 31.7 Å². The topological polar surface area (TPSA) is 50.8 Å². The average molecular weight is 331 g/mol. The predicted octanol–water partition coefficient (Wildman–Crippen LogP) is 1.78. The number of nitrogens with zero attached hydrogens (tertiary/aromatic N) is 1. The largest absolute Gasteiger partial charge is 0.454 e. The SMILES string of the molecule is Cl.O=C(c1cc(Cl)c2c(c1)OCO2)N1C[C@H]2CNC[C@H]2C1. The van der Waals surface area contributed by atoms with Gasteiger partial charge in [0.2, 0.25) is 6.79 Å². The molecule has 0 aliphatic carbocycles. The monoisotopic (exact) mass is 330 g/mol. The van der Waals surface area contributed by atoms with Gasteiger partial charge in [0.05, 0.1) is 5.02 Å². The zero-order valence-electron chi connectivity index (χ0n) is 11.3. The molecule has 4 rings (SSSR count). The Bertz CT molecular complexity index is 570. The molecule has 0 radical (unpaired) electrons. The Morgan fingerprint density at radius 1 is 1.24 bits per heavy atom. The standard InChI is InChI=1S/C14H15ClN2O3.ClH/c15-11-1-8(2-12-13(11)20-7-19-12)14(18)17-5-9-3-16-4-10(9)6-17;/h1-2,9-10,16H,3-7H2;1H/t9-,10+;. The second-order valence-electron chi connectivity index (χ2n) is 5.58. The number of carbonyl (C=O) groups is 1. The Labute approximate surface area is 133 Å². The lowest BCUT2D eigenvalue weighted by Gasteiger charge is -2.18. The van der Waals surface area contributed by atoms with Gasteiger partial charge in [0.1, 0.15) is 0 Å². The van der Waals surface area contributed by atoms with Crippen LogP contribution in [0.1, 0.15) is 10.4 Å². The van der Waals surface area contributed by atoms with Crippen molar-refractivity contribution in [3.63, 3.8) is 0 Å². The van der Waals surface area contributed by atoms with Crippen molar-refractivity contribution in [3.8, 4) is 11.5 Å². The summed E-state index contributed by atoms with van der Waals surface area (Å²) in [6, 6.07) is 3.40. The Morgan fingerprint density at radius 2 is 1.95 bits per heavy atom. The fourth-order valence-electron chi connectivity index (χ4n) is 3.29. The highest BCUT2D eigenvalue weighted by molar-refractivity contribution is 6.32. The van der Waals surface area contributed by atoms with E-state index in [1.807, 2.05) is 4.90 Å². The number of nitrogens with one attached hydrogen (secondary N) is 1. The third kappa shape index (κ3) is 2.43. The van der Waals surface area contributed by atoms with E-state index in [4.69, 9.17) is 21.1 Å². The fourth-order valence-corrected chi connectivity index (χ4v) is 3.56. The lowest BCUT2D eigenvalue weighted by atomic mass is 10.0. The summed E-state index contributed by atoms with van der Waals surface area (Å²) in [4.78, 5) is 14.5. The van der Waals surface area contributed by atoms with E-state index >= 15 is 0 Å². The first-order chi connectivity index (χ1) is 9.72. The van der Waals surface area contributed by atoms with Crippen LogP contribution in [0.25, 0.3) is 0 Å². The summed E-state index contributed by atoms with van der Waals surface area (Å²) in [5, 5.41) is 3.81. The molecule has 0 spiro atoms. The zero-order valence-corrected chi connectivity index (χ0v) is 12.9. The maximum Gasteiger partial charge on any atom is 0.254 e. The number of hydrogen-bond donors (Lipinski definition) is 1. The van der Waals surface area contributed by atoms with Crippen LogP contribution in [0.3, 0.4) is 0 Å². The van der Waals surface area contributed by atoms with Crippen LogP contribution < -0.4 is 14.8 Å². The number of carbonyl (C=O) groups excluding carboxylic acids is 1. The van der Waals surface area contributed by atoms with E-state index in [1.54, 1.807) is 12.1 Å². The summed E-state index contributed by atoms with van der Waals surface area (Å²) in [6.07, 6.45) is 0. The quantitative estimate of drug-likeness (QED) is 0.852. The summed E-state index contributed by atoms with van der Waals surface area (Å²) in [6.45, 7) is 3.82. The Hall–Kier alpha value is -1.17. The molecule has 1 aromatic rings. The third-order valence-corrected chi connectivity index (χ3v) is 4.63. The Morgan fingerprint density at radius 3 is 2.67 bits per heavy atom. The minimum Gasteiger partial charge on any atom is -0.454 e. The van der Waals surface area contributed by atoms with Crippen LogP contribution in [-0.2, 0) is 0 Å². The van der Waals surface area contributed by atoms with Crippen molar-refractivity contribution in [2.45, 2.75) is 0 Å². The summed E-state index contributed by atoms with van der Waals surface area (Å²) >= 11 is 6.14. The van der Waals surface area contributed by atoms with Crippen molar-refractivity contribution >= 4 is 29.9 Å². The van der Waals surface area contributed by atoms with Gasteiger partial charge >= 0.3 is 0 Å². The first kappa shape index (κ1) is 14.8. The highest BCUT2D eigenvalue weighted by atomic mass is 35.5. The van der Waals surface area contributed by atoms with Crippen molar-refractivity contribution in [3.05, 3.63) is 22.7 Å². The number of ether oxygens (including phenoxy) is 2. The van der Waals surface area contributed by atoms with Gasteiger partial charge in [0.15, 0.2) is 11.5 Å². The lowest BCUT2D eigenvalue weighted by molar-refractivity contribution is 0.0781. The van der Waals surface area contributed by atoms with Gasteiger partial charge in [-0.1, -0.05) is 11.6 Å². The summed E-state index contributed by atoms with van der Waals surface area (Å²) in [5.74, 6) is 2.29. The van der Waals surface area contributed by atoms with Gasteiger partial charge in [-0.3, -0.25) is 4.79 Å². The molecule has 0 saturated carbocycles. The van der Waals surface area contributed by atoms with Crippen LogP contribution in [0.15, 0.2) is 12.1 Å². The smallest absolute Gasteiger partial charge is 0.254 e. The van der Waals surface area contributed by atoms with Crippen LogP contribution in [0.5, 0.6) is 11.5 Å². The molecule has 2 fully saturated rings. The normalized spacial score (nSPS) is 25.7. The summed E-state index contributed by atoms with van der Waals surface area (Å²) in [5.41, 5.74) is 0.576. The van der Waals surface area contributed by atoms with Crippen molar-refractivity contribution in [1.82, 2.24) is 10.2 Å². The minimum atomic E-state index is 0. The predicted molar refractivity (Wildman–Crippen MR) is 80.6 cm³/mol. The van der Waals surface area contributed by atoms with Crippen molar-refractivity contribution in [2.75, 3.05) is 33.0 Å². The van der Waals surface area contributed by atoms with Gasteiger partial charge in [0.25, 0.3) is 5.91 Å². The second kappa shape index (κ2) is 5.55. The first-order valence-corrected chi connectivity index (χ1v) is 7.19. The van der Waals surface area contributed by atoms with Gasteiger partial charge in [-0.15, -0.1) is 12.4 Å². The average Bonchev–Trinajstić information content (AvgIpc) is 3.12. The van der Waals surface area contributed by atoms with E-state index in [-0.39, 0.29) is 25.1 Å². The molecular formula is C14H16Cl2N2O3. The molecule has 0 aromatic heterocycles. The highest BCUT2D eigenvalue weighted by Gasteiger charge is 2.38. The molecule has 3 aliphatic rings. The molecule has 0 unspecified atom stereocenters. The zero-order chi connectivity index (χ0) is 13.7. The molecule has 0 bridgehead atoms. The Kier molecular flexibility index (Phi) is 3.90. The molecule has 114 valence electrons. The number of halogens is 2. The van der Waals surface area contributed by atoms with E-state index in [9.17, 15) is 4.79 Å². The third-order valence-electron chi connectivity index (χ3n) is 4.35. The van der Waals surface area contributed by atoms with Crippen molar-refractivity contribution in [2.24, 2.45) is 11.8 Å². The number of likely N-dealkylation sites (tertiary alicyclic amines) is 1. The Balaban J connectivity index is 0.00000132. The van der Waals surface area contributed by atoms with Gasteiger partial charge in [-0.2, -0.15) is 0 Å². The molecule has 2 atom stereocenters. The van der Waals surface area contributed by atoms with Crippen molar-refractivity contribution in [1.29, 1.82) is 0 Å². The fraction of sp³-hybridized carbons (Fsp3) is 0.500. The van der Waals surface area contributed by atoms with E-state index < -0.39 is 0 Å². The number of benzene rings is 1. The molecule has 1 aromatic carbocycles. The van der Waals surface area contributed by atoms with E-state index in [1.165, 1.54) is 0 Å². The van der Waals surface area contributed by atoms with Gasteiger partial charge in [-0.05, 0) is 24.0 Å². The molecule has 7 heteroatoms. The van der Waals surface area contributed by atoms with E-state index in [0.717, 1.165) is 26.2 Å². The molecule has 3 aliphatic heterocycles. The summed E-state index contributed by atoms with van der Waals surface area (Å²) < 4.78 is 10.6. The minimum absolute atomic E-state index is 0. The van der Waals surface area contributed by atoms with Gasteiger partial charge < -0.3 is 19.7 Å². The number of fused-ring (bicyclic) bond motifs is 2. The number of rotatable bonds is 1. The lowest BCUT2D eigenvalue weighted by Crippen LogP contribution is -2.31. The van der Waals surface area contributed by atoms with E-state index in [0.29, 0.717) is 33.9 Å². The molecule has 21 heavy (non-hydrogen) atoms. The maximum atomic E-state index is 12.6. The molecule has 5 nitrogen and oxygen atoms in total. The first-order valence-electron chi connectivity index (χ1n) is 6.81. The maximum absolute atomic E-state index is 12.6. The number of hydrogen-bond acceptors (Lipinski definition) is 4.